The van der Waals surface area contributed by atoms with Crippen molar-refractivity contribution >= 4 is 33.2 Å². The first-order chi connectivity index (χ1) is 11.2. The Balaban J connectivity index is 2.11. The third-order valence-corrected chi connectivity index (χ3v) is 4.37. The second kappa shape index (κ2) is 6.95. The van der Waals surface area contributed by atoms with Gasteiger partial charge in [-0.3, -0.25) is 14.9 Å². The van der Waals surface area contributed by atoms with Crippen LogP contribution in [0.25, 0.3) is 0 Å². The molecule has 2 rings (SSSR count). The van der Waals surface area contributed by atoms with Gasteiger partial charge >= 0.3 is 0 Å². The molecule has 3 N–H and O–H groups in total. The maximum absolute atomic E-state index is 12.1. The highest BCUT2D eigenvalue weighted by Gasteiger charge is 2.15. The summed E-state index contributed by atoms with van der Waals surface area (Å²) in [5.74, 6) is -0.584. The Morgan fingerprint density at radius 3 is 2.38 bits per heavy atom. The number of nitrogens with one attached hydrogen (secondary N) is 1. The molecule has 0 spiro atoms. The number of primary sulfonamides is 1. The number of non-ortho nitro benzene ring substituents is 1. The fraction of sp³-hybridized carbons (Fsp3) is 0.0714. The summed E-state index contributed by atoms with van der Waals surface area (Å²) in [6.45, 7) is 0.0861. The summed E-state index contributed by atoms with van der Waals surface area (Å²) < 4.78 is 22.3. The van der Waals surface area contributed by atoms with E-state index in [2.05, 4.69) is 5.32 Å². The third kappa shape index (κ3) is 4.28. The fourth-order valence-corrected chi connectivity index (χ4v) is 2.59. The quantitative estimate of drug-likeness (QED) is 0.612. The first-order valence-corrected chi connectivity index (χ1v) is 8.45. The molecular formula is C14H12ClN3O5S. The van der Waals surface area contributed by atoms with Gasteiger partial charge in [0.25, 0.3) is 11.6 Å². The van der Waals surface area contributed by atoms with Gasteiger partial charge < -0.3 is 5.32 Å². The Morgan fingerprint density at radius 1 is 1.21 bits per heavy atom. The first kappa shape index (κ1) is 17.9. The van der Waals surface area contributed by atoms with Crippen LogP contribution in [0.4, 0.5) is 5.69 Å². The SMILES string of the molecule is NS(=O)(=O)c1ccc(CNC(=O)c2cc([N+](=O)[O-])ccc2Cl)cc1. The molecule has 2 aromatic carbocycles. The van der Waals surface area contributed by atoms with E-state index in [-0.39, 0.29) is 27.7 Å². The van der Waals surface area contributed by atoms with Gasteiger partial charge in [-0.25, -0.2) is 13.6 Å². The molecule has 0 atom stereocenters. The Bertz CT molecular complexity index is 897. The molecule has 0 aliphatic heterocycles. The van der Waals surface area contributed by atoms with E-state index in [0.717, 1.165) is 6.07 Å². The van der Waals surface area contributed by atoms with Gasteiger partial charge in [0.05, 0.1) is 20.4 Å². The van der Waals surface area contributed by atoms with E-state index in [1.807, 2.05) is 0 Å². The van der Waals surface area contributed by atoms with Gasteiger partial charge in [-0.2, -0.15) is 0 Å². The van der Waals surface area contributed by atoms with Gasteiger partial charge in [-0.15, -0.1) is 0 Å². The second-order valence-electron chi connectivity index (χ2n) is 4.79. The highest BCUT2D eigenvalue weighted by Crippen LogP contribution is 2.22. The van der Waals surface area contributed by atoms with Crippen molar-refractivity contribution in [2.24, 2.45) is 5.14 Å². The standard InChI is InChI=1S/C14H12ClN3O5S/c15-13-6-3-10(18(20)21)7-12(13)14(19)17-8-9-1-4-11(5-2-9)24(16,22)23/h1-7H,8H2,(H,17,19)(H2,16,22,23). The van der Waals surface area contributed by atoms with Crippen molar-refractivity contribution < 1.29 is 18.1 Å². The van der Waals surface area contributed by atoms with Crippen LogP contribution in [0.15, 0.2) is 47.4 Å². The van der Waals surface area contributed by atoms with Crippen LogP contribution in [0.1, 0.15) is 15.9 Å². The number of rotatable bonds is 5. The van der Waals surface area contributed by atoms with Gasteiger partial charge in [0, 0.05) is 18.7 Å². The number of benzene rings is 2. The number of nitrogens with zero attached hydrogens (tertiary/aromatic N) is 1. The van der Waals surface area contributed by atoms with E-state index in [9.17, 15) is 23.3 Å². The Labute approximate surface area is 142 Å². The molecule has 0 aliphatic rings. The van der Waals surface area contributed by atoms with Crippen LogP contribution in [0.5, 0.6) is 0 Å². The monoisotopic (exact) mass is 369 g/mol. The normalized spacial score (nSPS) is 11.1. The van der Waals surface area contributed by atoms with Gasteiger partial charge in [0.15, 0.2) is 0 Å². The molecule has 0 bridgehead atoms. The number of hydrogen-bond donors (Lipinski definition) is 2. The first-order valence-electron chi connectivity index (χ1n) is 6.52. The smallest absolute Gasteiger partial charge is 0.270 e. The summed E-state index contributed by atoms with van der Waals surface area (Å²) >= 11 is 5.88. The lowest BCUT2D eigenvalue weighted by Crippen LogP contribution is -2.23. The number of nitro benzene ring substituents is 1. The van der Waals surface area contributed by atoms with E-state index in [0.29, 0.717) is 5.56 Å². The molecule has 2 aromatic rings. The van der Waals surface area contributed by atoms with Gasteiger partial charge in [0.2, 0.25) is 10.0 Å². The molecule has 0 radical (unpaired) electrons. The molecule has 0 fully saturated rings. The average molecular weight is 370 g/mol. The largest absolute Gasteiger partial charge is 0.348 e. The summed E-state index contributed by atoms with van der Waals surface area (Å²) in [4.78, 5) is 22.2. The molecule has 0 saturated heterocycles. The maximum atomic E-state index is 12.1. The van der Waals surface area contributed by atoms with Crippen molar-refractivity contribution in [1.82, 2.24) is 5.32 Å². The minimum atomic E-state index is -3.78. The number of nitro groups is 1. The molecule has 1 amide bonds. The zero-order valence-corrected chi connectivity index (χ0v) is 13.7. The van der Waals surface area contributed by atoms with Crippen LogP contribution in [0, 0.1) is 10.1 Å². The zero-order chi connectivity index (χ0) is 17.9. The Kier molecular flexibility index (Phi) is 5.17. The van der Waals surface area contributed by atoms with Crippen LogP contribution < -0.4 is 10.5 Å². The Morgan fingerprint density at radius 2 is 1.83 bits per heavy atom. The number of amides is 1. The van der Waals surface area contributed by atoms with Crippen molar-refractivity contribution in [3.8, 4) is 0 Å². The second-order valence-corrected chi connectivity index (χ2v) is 6.76. The molecule has 0 aliphatic carbocycles. The Hall–Kier alpha value is -2.49. The number of carbonyl (C=O) groups excluding carboxylic acids is 1. The number of hydrogen-bond acceptors (Lipinski definition) is 5. The van der Waals surface area contributed by atoms with Crippen LogP contribution in [0.2, 0.25) is 5.02 Å². The molecule has 126 valence electrons. The van der Waals surface area contributed by atoms with Crippen molar-refractivity contribution in [2.45, 2.75) is 11.4 Å². The highest BCUT2D eigenvalue weighted by molar-refractivity contribution is 7.89. The van der Waals surface area contributed by atoms with E-state index in [1.165, 1.54) is 36.4 Å². The maximum Gasteiger partial charge on any atom is 0.270 e. The molecule has 0 unspecified atom stereocenters. The molecule has 0 heterocycles. The van der Waals surface area contributed by atoms with Crippen LogP contribution in [0.3, 0.4) is 0 Å². The van der Waals surface area contributed by atoms with E-state index < -0.39 is 20.9 Å². The highest BCUT2D eigenvalue weighted by atomic mass is 35.5. The fourth-order valence-electron chi connectivity index (χ4n) is 1.88. The van der Waals surface area contributed by atoms with E-state index >= 15 is 0 Å². The van der Waals surface area contributed by atoms with Crippen molar-refractivity contribution in [3.63, 3.8) is 0 Å². The van der Waals surface area contributed by atoms with Crippen molar-refractivity contribution in [3.05, 3.63) is 68.7 Å². The van der Waals surface area contributed by atoms with Crippen molar-refractivity contribution in [2.75, 3.05) is 0 Å². The molecule has 0 saturated carbocycles. The molecular weight excluding hydrogens is 358 g/mol. The number of carbonyl (C=O) groups is 1. The third-order valence-electron chi connectivity index (χ3n) is 3.11. The predicted octanol–water partition coefficient (Wildman–Crippen LogP) is 1.83. The lowest BCUT2D eigenvalue weighted by atomic mass is 10.1. The van der Waals surface area contributed by atoms with Crippen LogP contribution in [-0.2, 0) is 16.6 Å². The lowest BCUT2D eigenvalue weighted by molar-refractivity contribution is -0.384. The molecule has 0 aromatic heterocycles. The summed E-state index contributed by atoms with van der Waals surface area (Å²) in [6, 6.07) is 9.18. The summed E-state index contributed by atoms with van der Waals surface area (Å²) in [7, 11) is -3.78. The molecule has 24 heavy (non-hydrogen) atoms. The average Bonchev–Trinajstić information content (AvgIpc) is 2.52. The number of sulfonamides is 1. The lowest BCUT2D eigenvalue weighted by Gasteiger charge is -2.07. The molecule has 8 nitrogen and oxygen atoms in total. The summed E-state index contributed by atoms with van der Waals surface area (Å²) in [5.41, 5.74) is 0.353. The number of halogens is 1. The van der Waals surface area contributed by atoms with Gasteiger partial charge in [-0.05, 0) is 23.8 Å². The number of nitrogens with two attached hydrogens (primary N) is 1. The van der Waals surface area contributed by atoms with Gasteiger partial charge in [-0.1, -0.05) is 23.7 Å². The zero-order valence-electron chi connectivity index (χ0n) is 12.1. The van der Waals surface area contributed by atoms with E-state index in [1.54, 1.807) is 0 Å². The van der Waals surface area contributed by atoms with Crippen molar-refractivity contribution in [1.29, 1.82) is 0 Å². The predicted molar refractivity (Wildman–Crippen MR) is 87.1 cm³/mol. The van der Waals surface area contributed by atoms with Gasteiger partial charge in [0.1, 0.15) is 0 Å². The molecule has 10 heteroatoms. The minimum Gasteiger partial charge on any atom is -0.348 e. The topological polar surface area (TPSA) is 132 Å². The van der Waals surface area contributed by atoms with Crippen LogP contribution in [-0.4, -0.2) is 19.2 Å². The minimum absolute atomic E-state index is 0.0213. The van der Waals surface area contributed by atoms with Crippen LogP contribution >= 0.6 is 11.6 Å². The van der Waals surface area contributed by atoms with E-state index in [4.69, 9.17) is 16.7 Å². The summed E-state index contributed by atoms with van der Waals surface area (Å²) in [6.07, 6.45) is 0. The summed E-state index contributed by atoms with van der Waals surface area (Å²) in [5, 5.41) is 18.4.